The van der Waals surface area contributed by atoms with E-state index in [2.05, 4.69) is 20.2 Å². The molecule has 1 aliphatic rings. The zero-order valence-corrected chi connectivity index (χ0v) is 12.9. The molecule has 2 aromatic rings. The summed E-state index contributed by atoms with van der Waals surface area (Å²) in [5.41, 5.74) is 2.00. The van der Waals surface area contributed by atoms with Gasteiger partial charge in [-0.1, -0.05) is 30.3 Å². The molecule has 1 saturated heterocycles. The Kier molecular flexibility index (Phi) is 4.71. The number of carboxylic acid groups (broad SMARTS) is 1. The van der Waals surface area contributed by atoms with Crippen molar-refractivity contribution in [1.82, 2.24) is 15.3 Å². The summed E-state index contributed by atoms with van der Waals surface area (Å²) < 4.78 is 0. The molecule has 1 amide bonds. The first-order chi connectivity index (χ1) is 11.2. The Morgan fingerprint density at radius 3 is 2.65 bits per heavy atom. The van der Waals surface area contributed by atoms with E-state index in [1.807, 2.05) is 36.4 Å². The fraction of sp³-hybridized carbons (Fsp3) is 0.353. The summed E-state index contributed by atoms with van der Waals surface area (Å²) in [6, 6.07) is 12.1. The highest BCUT2D eigenvalue weighted by Gasteiger charge is 2.21. The van der Waals surface area contributed by atoms with E-state index in [1.165, 1.54) is 0 Å². The second-order valence-electron chi connectivity index (χ2n) is 5.74. The van der Waals surface area contributed by atoms with Crippen molar-refractivity contribution in [2.24, 2.45) is 5.92 Å². The quantitative estimate of drug-likeness (QED) is 0.907. The lowest BCUT2D eigenvalue weighted by atomic mass is 9.97. The van der Waals surface area contributed by atoms with Crippen molar-refractivity contribution in [2.75, 3.05) is 24.5 Å². The number of amides is 1. The Balaban J connectivity index is 1.64. The highest BCUT2D eigenvalue weighted by molar-refractivity contribution is 5.64. The van der Waals surface area contributed by atoms with Gasteiger partial charge in [-0.15, -0.1) is 0 Å². The summed E-state index contributed by atoms with van der Waals surface area (Å²) in [6.07, 6.45) is 2.58. The van der Waals surface area contributed by atoms with Crippen molar-refractivity contribution in [3.05, 3.63) is 42.7 Å². The average Bonchev–Trinajstić information content (AvgIpc) is 2.61. The minimum Gasteiger partial charge on any atom is -0.465 e. The number of aromatic nitrogens is 2. The third-order valence-electron chi connectivity index (χ3n) is 4.20. The van der Waals surface area contributed by atoms with Crippen LogP contribution in [0, 0.1) is 5.92 Å². The van der Waals surface area contributed by atoms with E-state index in [1.54, 1.807) is 6.33 Å². The standard InChI is InChI=1S/C17H20N4O2/c22-17(23)18-11-13-6-8-21(9-7-13)16-10-15(19-12-20-16)14-4-2-1-3-5-14/h1-5,10,12-13,18H,6-9,11H2,(H,22,23). The molecule has 1 aromatic heterocycles. The van der Waals surface area contributed by atoms with Gasteiger partial charge in [-0.05, 0) is 18.8 Å². The Morgan fingerprint density at radius 1 is 1.22 bits per heavy atom. The van der Waals surface area contributed by atoms with Crippen molar-refractivity contribution in [3.63, 3.8) is 0 Å². The molecule has 0 aliphatic carbocycles. The van der Waals surface area contributed by atoms with Crippen molar-refractivity contribution in [3.8, 4) is 11.3 Å². The Bertz CT molecular complexity index is 655. The van der Waals surface area contributed by atoms with Crippen LogP contribution in [0.3, 0.4) is 0 Å². The number of rotatable bonds is 4. The van der Waals surface area contributed by atoms with Gasteiger partial charge in [0.2, 0.25) is 0 Å². The van der Waals surface area contributed by atoms with Gasteiger partial charge in [0, 0.05) is 31.3 Å². The molecular weight excluding hydrogens is 292 g/mol. The number of carbonyl (C=O) groups is 1. The number of hydrogen-bond acceptors (Lipinski definition) is 4. The molecule has 2 heterocycles. The molecule has 0 saturated carbocycles. The fourth-order valence-corrected chi connectivity index (χ4v) is 2.88. The number of benzene rings is 1. The van der Waals surface area contributed by atoms with E-state index in [9.17, 15) is 4.79 Å². The van der Waals surface area contributed by atoms with Gasteiger partial charge in [0.1, 0.15) is 12.1 Å². The van der Waals surface area contributed by atoms with Crippen molar-refractivity contribution in [1.29, 1.82) is 0 Å². The van der Waals surface area contributed by atoms with Crippen LogP contribution >= 0.6 is 0 Å². The predicted octanol–water partition coefficient (Wildman–Crippen LogP) is 2.63. The molecule has 1 aromatic carbocycles. The van der Waals surface area contributed by atoms with E-state index in [-0.39, 0.29) is 0 Å². The first kappa shape index (κ1) is 15.3. The van der Waals surface area contributed by atoms with Crippen LogP contribution in [0.2, 0.25) is 0 Å². The lowest BCUT2D eigenvalue weighted by Gasteiger charge is -2.32. The summed E-state index contributed by atoms with van der Waals surface area (Å²) in [5.74, 6) is 1.33. The van der Waals surface area contributed by atoms with Crippen molar-refractivity contribution >= 4 is 11.9 Å². The smallest absolute Gasteiger partial charge is 0.404 e. The van der Waals surface area contributed by atoms with E-state index < -0.39 is 6.09 Å². The molecule has 1 fully saturated rings. The van der Waals surface area contributed by atoms with E-state index in [4.69, 9.17) is 5.11 Å². The lowest BCUT2D eigenvalue weighted by molar-refractivity contribution is 0.191. The summed E-state index contributed by atoms with van der Waals surface area (Å²) >= 11 is 0. The molecule has 1 aliphatic heterocycles. The SMILES string of the molecule is O=C(O)NCC1CCN(c2cc(-c3ccccc3)ncn2)CC1. The first-order valence-electron chi connectivity index (χ1n) is 7.81. The molecule has 23 heavy (non-hydrogen) atoms. The fourth-order valence-electron chi connectivity index (χ4n) is 2.88. The molecule has 6 heteroatoms. The van der Waals surface area contributed by atoms with Gasteiger partial charge in [-0.3, -0.25) is 0 Å². The average molecular weight is 312 g/mol. The lowest BCUT2D eigenvalue weighted by Crippen LogP contribution is -2.38. The highest BCUT2D eigenvalue weighted by Crippen LogP contribution is 2.24. The van der Waals surface area contributed by atoms with Crippen LogP contribution in [0.4, 0.5) is 10.6 Å². The molecule has 6 nitrogen and oxygen atoms in total. The minimum atomic E-state index is -0.948. The van der Waals surface area contributed by atoms with Crippen LogP contribution in [0.15, 0.2) is 42.7 Å². The molecule has 3 rings (SSSR count). The molecule has 120 valence electrons. The zero-order chi connectivity index (χ0) is 16.1. The number of anilines is 1. The summed E-state index contributed by atoms with van der Waals surface area (Å²) in [6.45, 7) is 2.30. The molecular formula is C17H20N4O2. The van der Waals surface area contributed by atoms with Crippen LogP contribution in [0.5, 0.6) is 0 Å². The third kappa shape index (κ3) is 3.97. The summed E-state index contributed by atoms with van der Waals surface area (Å²) in [4.78, 5) is 21.6. The largest absolute Gasteiger partial charge is 0.465 e. The number of piperidine rings is 1. The molecule has 0 bridgehead atoms. The molecule has 0 unspecified atom stereocenters. The summed E-state index contributed by atoms with van der Waals surface area (Å²) in [7, 11) is 0. The number of nitrogens with one attached hydrogen (secondary N) is 1. The maximum absolute atomic E-state index is 10.6. The van der Waals surface area contributed by atoms with Crippen LogP contribution < -0.4 is 10.2 Å². The first-order valence-corrected chi connectivity index (χ1v) is 7.81. The van der Waals surface area contributed by atoms with Crippen LogP contribution in [-0.4, -0.2) is 40.8 Å². The molecule has 0 radical (unpaired) electrons. The van der Waals surface area contributed by atoms with Crippen molar-refractivity contribution < 1.29 is 9.90 Å². The predicted molar refractivity (Wildman–Crippen MR) is 88.4 cm³/mol. The Labute approximate surface area is 135 Å². The third-order valence-corrected chi connectivity index (χ3v) is 4.20. The van der Waals surface area contributed by atoms with E-state index in [0.29, 0.717) is 12.5 Å². The number of nitrogens with zero attached hydrogens (tertiary/aromatic N) is 3. The highest BCUT2D eigenvalue weighted by atomic mass is 16.4. The van der Waals surface area contributed by atoms with Gasteiger partial charge in [0.25, 0.3) is 0 Å². The van der Waals surface area contributed by atoms with Gasteiger partial charge in [0.05, 0.1) is 5.69 Å². The van der Waals surface area contributed by atoms with Gasteiger partial charge in [0.15, 0.2) is 0 Å². The van der Waals surface area contributed by atoms with Gasteiger partial charge in [-0.2, -0.15) is 0 Å². The Hall–Kier alpha value is -2.63. The van der Waals surface area contributed by atoms with Crippen LogP contribution in [-0.2, 0) is 0 Å². The van der Waals surface area contributed by atoms with Crippen LogP contribution in [0.25, 0.3) is 11.3 Å². The van der Waals surface area contributed by atoms with E-state index in [0.717, 1.165) is 43.0 Å². The topological polar surface area (TPSA) is 78.4 Å². The monoisotopic (exact) mass is 312 g/mol. The maximum Gasteiger partial charge on any atom is 0.404 e. The van der Waals surface area contributed by atoms with Gasteiger partial charge in [-0.25, -0.2) is 14.8 Å². The second-order valence-corrected chi connectivity index (χ2v) is 5.74. The van der Waals surface area contributed by atoms with Crippen LogP contribution in [0.1, 0.15) is 12.8 Å². The van der Waals surface area contributed by atoms with E-state index >= 15 is 0 Å². The second kappa shape index (κ2) is 7.09. The molecule has 2 N–H and O–H groups in total. The normalized spacial score (nSPS) is 15.4. The Morgan fingerprint density at radius 2 is 1.96 bits per heavy atom. The van der Waals surface area contributed by atoms with Gasteiger partial charge < -0.3 is 15.3 Å². The van der Waals surface area contributed by atoms with Crippen molar-refractivity contribution in [2.45, 2.75) is 12.8 Å². The minimum absolute atomic E-state index is 0.401. The maximum atomic E-state index is 10.6. The van der Waals surface area contributed by atoms with Gasteiger partial charge >= 0.3 is 6.09 Å². The zero-order valence-electron chi connectivity index (χ0n) is 12.9. The molecule has 0 atom stereocenters. The number of hydrogen-bond donors (Lipinski definition) is 2. The molecule has 0 spiro atoms. The summed E-state index contributed by atoms with van der Waals surface area (Å²) in [5, 5.41) is 11.1.